The zero-order chi connectivity index (χ0) is 22.6. The Morgan fingerprint density at radius 2 is 1.52 bits per heavy atom. The van der Waals surface area contributed by atoms with Crippen LogP contribution in [0.5, 0.6) is 5.75 Å². The maximum atomic E-state index is 12.7. The van der Waals surface area contributed by atoms with Gasteiger partial charge < -0.3 is 14.5 Å². The van der Waals surface area contributed by atoms with Crippen LogP contribution in [0.1, 0.15) is 23.1 Å². The molecule has 3 aromatic carbocycles. The van der Waals surface area contributed by atoms with E-state index in [4.69, 9.17) is 4.74 Å². The molecule has 0 aromatic heterocycles. The van der Waals surface area contributed by atoms with E-state index in [2.05, 4.69) is 52.3 Å². The average Bonchev–Trinajstić information content (AvgIpc) is 2.87. The number of amides is 1. The molecule has 2 aliphatic rings. The van der Waals surface area contributed by atoms with Crippen LogP contribution in [0.15, 0.2) is 72.8 Å². The summed E-state index contributed by atoms with van der Waals surface area (Å²) in [6, 6.07) is 25.2. The highest BCUT2D eigenvalue weighted by Crippen LogP contribution is 2.33. The standard InChI is InChI=1S/C28H31N3O2/c1-33-26-11-7-23(8-12-26)20-29-15-17-30(18-16-29)25-10-13-27-24(19-25)9-14-28(32)31(27)21-22-5-3-2-4-6-22/h2-8,10-13,19H,9,14-18,20-21H2,1H3. The Morgan fingerprint density at radius 1 is 0.788 bits per heavy atom. The molecule has 33 heavy (non-hydrogen) atoms. The molecule has 0 N–H and O–H groups in total. The molecule has 2 aliphatic heterocycles. The summed E-state index contributed by atoms with van der Waals surface area (Å²) in [4.78, 5) is 19.6. The highest BCUT2D eigenvalue weighted by molar-refractivity contribution is 5.96. The number of benzene rings is 3. The van der Waals surface area contributed by atoms with Crippen molar-refractivity contribution in [3.05, 3.63) is 89.5 Å². The van der Waals surface area contributed by atoms with Gasteiger partial charge >= 0.3 is 0 Å². The van der Waals surface area contributed by atoms with E-state index in [9.17, 15) is 4.79 Å². The molecule has 1 saturated heterocycles. The number of hydrogen-bond acceptors (Lipinski definition) is 4. The number of anilines is 2. The number of aryl methyl sites for hydroxylation is 1. The number of ether oxygens (including phenoxy) is 1. The van der Waals surface area contributed by atoms with Gasteiger partial charge in [0.15, 0.2) is 0 Å². The minimum absolute atomic E-state index is 0.214. The van der Waals surface area contributed by atoms with E-state index in [-0.39, 0.29) is 5.91 Å². The van der Waals surface area contributed by atoms with Crippen molar-refractivity contribution in [1.82, 2.24) is 4.90 Å². The lowest BCUT2D eigenvalue weighted by atomic mass is 9.99. The first kappa shape index (κ1) is 21.5. The molecule has 0 unspecified atom stereocenters. The summed E-state index contributed by atoms with van der Waals surface area (Å²) < 4.78 is 5.26. The van der Waals surface area contributed by atoms with Gasteiger partial charge in [-0.3, -0.25) is 9.69 Å². The average molecular weight is 442 g/mol. The first-order valence-electron chi connectivity index (χ1n) is 11.8. The van der Waals surface area contributed by atoms with Gasteiger partial charge in [-0.2, -0.15) is 0 Å². The van der Waals surface area contributed by atoms with Crippen molar-refractivity contribution in [3.63, 3.8) is 0 Å². The van der Waals surface area contributed by atoms with Crippen molar-refractivity contribution >= 4 is 17.3 Å². The Hall–Kier alpha value is -3.31. The smallest absolute Gasteiger partial charge is 0.227 e. The van der Waals surface area contributed by atoms with E-state index < -0.39 is 0 Å². The quantitative estimate of drug-likeness (QED) is 0.565. The molecule has 0 spiro atoms. The second-order valence-corrected chi connectivity index (χ2v) is 8.89. The molecule has 0 aliphatic carbocycles. The van der Waals surface area contributed by atoms with E-state index in [1.807, 2.05) is 35.2 Å². The van der Waals surface area contributed by atoms with Crippen molar-refractivity contribution in [1.29, 1.82) is 0 Å². The number of carbonyl (C=O) groups is 1. The second kappa shape index (κ2) is 9.67. The van der Waals surface area contributed by atoms with E-state index >= 15 is 0 Å². The highest BCUT2D eigenvalue weighted by atomic mass is 16.5. The molecule has 5 rings (SSSR count). The Morgan fingerprint density at radius 3 is 2.24 bits per heavy atom. The SMILES string of the molecule is COc1ccc(CN2CCN(c3ccc4c(c3)CCC(=O)N4Cc3ccccc3)CC2)cc1. The topological polar surface area (TPSA) is 36.0 Å². The van der Waals surface area contributed by atoms with Crippen molar-refractivity contribution in [2.75, 3.05) is 43.1 Å². The van der Waals surface area contributed by atoms with E-state index in [1.165, 1.54) is 16.8 Å². The fraction of sp³-hybridized carbons (Fsp3) is 0.321. The van der Waals surface area contributed by atoms with Crippen LogP contribution in [0.25, 0.3) is 0 Å². The van der Waals surface area contributed by atoms with Crippen molar-refractivity contribution in [2.45, 2.75) is 25.9 Å². The van der Waals surface area contributed by atoms with E-state index in [0.29, 0.717) is 13.0 Å². The van der Waals surface area contributed by atoms with Crippen LogP contribution in [0.3, 0.4) is 0 Å². The zero-order valence-corrected chi connectivity index (χ0v) is 19.2. The minimum Gasteiger partial charge on any atom is -0.497 e. The third kappa shape index (κ3) is 4.88. The second-order valence-electron chi connectivity index (χ2n) is 8.89. The molecule has 0 radical (unpaired) electrons. The molecule has 0 bridgehead atoms. The van der Waals surface area contributed by atoms with Gasteiger partial charge in [-0.1, -0.05) is 42.5 Å². The lowest BCUT2D eigenvalue weighted by Gasteiger charge is -2.37. The third-order valence-electron chi connectivity index (χ3n) is 6.75. The Labute approximate surface area is 196 Å². The van der Waals surface area contributed by atoms with Gasteiger partial charge in [-0.25, -0.2) is 0 Å². The summed E-state index contributed by atoms with van der Waals surface area (Å²) in [5, 5.41) is 0. The van der Waals surface area contributed by atoms with Crippen molar-refractivity contribution in [2.24, 2.45) is 0 Å². The third-order valence-corrected chi connectivity index (χ3v) is 6.75. The molecule has 5 heteroatoms. The summed E-state index contributed by atoms with van der Waals surface area (Å²) in [5.74, 6) is 1.12. The van der Waals surface area contributed by atoms with Crippen LogP contribution in [0.2, 0.25) is 0 Å². The van der Waals surface area contributed by atoms with E-state index in [0.717, 1.165) is 56.1 Å². The number of piperazine rings is 1. The van der Waals surface area contributed by atoms with Gasteiger partial charge in [0.25, 0.3) is 0 Å². The van der Waals surface area contributed by atoms with Gasteiger partial charge in [0.05, 0.1) is 13.7 Å². The normalized spacial score (nSPS) is 16.6. The van der Waals surface area contributed by atoms with Crippen LogP contribution < -0.4 is 14.5 Å². The molecule has 1 amide bonds. The molecule has 2 heterocycles. The minimum atomic E-state index is 0.214. The largest absolute Gasteiger partial charge is 0.497 e. The van der Waals surface area contributed by atoms with Crippen LogP contribution in [-0.4, -0.2) is 44.1 Å². The number of rotatable bonds is 6. The molecule has 3 aromatic rings. The fourth-order valence-corrected chi connectivity index (χ4v) is 4.84. The molecule has 170 valence electrons. The summed E-state index contributed by atoms with van der Waals surface area (Å²) in [6.07, 6.45) is 1.41. The Kier molecular flexibility index (Phi) is 6.31. The number of hydrogen-bond donors (Lipinski definition) is 0. The molecule has 0 atom stereocenters. The summed E-state index contributed by atoms with van der Waals surface area (Å²) in [7, 11) is 1.70. The van der Waals surface area contributed by atoms with Crippen molar-refractivity contribution in [3.8, 4) is 5.75 Å². The van der Waals surface area contributed by atoms with Gasteiger partial charge in [0, 0.05) is 50.5 Å². The number of nitrogens with zero attached hydrogens (tertiary/aromatic N) is 3. The Bertz CT molecular complexity index is 1090. The lowest BCUT2D eigenvalue weighted by molar-refractivity contribution is -0.119. The van der Waals surface area contributed by atoms with Crippen LogP contribution in [0.4, 0.5) is 11.4 Å². The number of fused-ring (bicyclic) bond motifs is 1. The number of methoxy groups -OCH3 is 1. The predicted octanol–water partition coefficient (Wildman–Crippen LogP) is 4.50. The highest BCUT2D eigenvalue weighted by Gasteiger charge is 2.26. The Balaban J connectivity index is 1.23. The molecular formula is C28H31N3O2. The van der Waals surface area contributed by atoms with Gasteiger partial charge in [-0.15, -0.1) is 0 Å². The summed E-state index contributed by atoms with van der Waals surface area (Å²) in [6.45, 7) is 5.72. The summed E-state index contributed by atoms with van der Waals surface area (Å²) in [5.41, 5.74) is 6.10. The number of carbonyl (C=O) groups excluding carboxylic acids is 1. The predicted molar refractivity (Wildman–Crippen MR) is 133 cm³/mol. The van der Waals surface area contributed by atoms with Crippen LogP contribution in [0, 0.1) is 0 Å². The fourth-order valence-electron chi connectivity index (χ4n) is 4.84. The molecule has 1 fully saturated rings. The zero-order valence-electron chi connectivity index (χ0n) is 19.2. The van der Waals surface area contributed by atoms with E-state index in [1.54, 1.807) is 7.11 Å². The first-order chi connectivity index (χ1) is 16.2. The maximum absolute atomic E-state index is 12.7. The van der Waals surface area contributed by atoms with Gasteiger partial charge in [0.1, 0.15) is 5.75 Å². The van der Waals surface area contributed by atoms with Crippen LogP contribution >= 0.6 is 0 Å². The van der Waals surface area contributed by atoms with Gasteiger partial charge in [-0.05, 0) is 53.4 Å². The van der Waals surface area contributed by atoms with Gasteiger partial charge in [0.2, 0.25) is 5.91 Å². The first-order valence-corrected chi connectivity index (χ1v) is 11.8. The lowest BCUT2D eigenvalue weighted by Crippen LogP contribution is -2.46. The molecule has 5 nitrogen and oxygen atoms in total. The van der Waals surface area contributed by atoms with Crippen LogP contribution in [-0.2, 0) is 24.3 Å². The maximum Gasteiger partial charge on any atom is 0.227 e. The summed E-state index contributed by atoms with van der Waals surface area (Å²) >= 11 is 0. The monoisotopic (exact) mass is 441 g/mol. The van der Waals surface area contributed by atoms with Crippen molar-refractivity contribution < 1.29 is 9.53 Å². The molecular weight excluding hydrogens is 410 g/mol. The molecule has 0 saturated carbocycles.